The van der Waals surface area contributed by atoms with Crippen LogP contribution in [-0.4, -0.2) is 73.5 Å². The zero-order chi connectivity index (χ0) is 24.4. The molecular formula is C21H29Cl3F3N3O3S. The number of rotatable bonds is 7. The number of sulfonamides is 1. The first-order chi connectivity index (χ1) is 15.4. The fourth-order valence-corrected chi connectivity index (χ4v) is 6.51. The molecule has 6 nitrogen and oxygen atoms in total. The van der Waals surface area contributed by atoms with Crippen LogP contribution in [0.1, 0.15) is 49.4 Å². The molecule has 1 aliphatic heterocycles. The molecule has 34 heavy (non-hydrogen) atoms. The highest BCUT2D eigenvalue weighted by Gasteiger charge is 2.47. The minimum absolute atomic E-state index is 0. The molecule has 0 bridgehead atoms. The Hall–Kier alpha value is -0.780. The van der Waals surface area contributed by atoms with Crippen LogP contribution in [0.2, 0.25) is 10.0 Å². The van der Waals surface area contributed by atoms with Gasteiger partial charge in [-0.25, -0.2) is 21.6 Å². The van der Waals surface area contributed by atoms with Gasteiger partial charge in [-0.15, -0.1) is 12.4 Å². The van der Waals surface area contributed by atoms with Crippen molar-refractivity contribution >= 4 is 51.5 Å². The first kappa shape index (κ1) is 29.5. The van der Waals surface area contributed by atoms with E-state index in [4.69, 9.17) is 23.2 Å². The van der Waals surface area contributed by atoms with Gasteiger partial charge in [-0.2, -0.15) is 4.31 Å². The van der Waals surface area contributed by atoms with Gasteiger partial charge in [-0.1, -0.05) is 30.1 Å². The van der Waals surface area contributed by atoms with Gasteiger partial charge in [0, 0.05) is 51.1 Å². The number of amides is 1. The molecule has 1 saturated heterocycles. The summed E-state index contributed by atoms with van der Waals surface area (Å²) in [5, 5.41) is 2.51. The number of hydrogen-bond donors (Lipinski definition) is 1. The van der Waals surface area contributed by atoms with Gasteiger partial charge in [-0.05, 0) is 31.4 Å². The molecule has 13 heteroatoms. The number of nitrogens with one attached hydrogen (secondary N) is 1. The van der Waals surface area contributed by atoms with Gasteiger partial charge in [0.05, 0.1) is 21.4 Å². The summed E-state index contributed by atoms with van der Waals surface area (Å²) in [6, 6.07) is 2.08. The summed E-state index contributed by atoms with van der Waals surface area (Å²) in [6.07, 6.45) is 0.151. The van der Waals surface area contributed by atoms with Crippen LogP contribution in [0.3, 0.4) is 0 Å². The smallest absolute Gasteiger partial charge is 0.252 e. The second kappa shape index (κ2) is 11.5. The molecule has 1 saturated carbocycles. The lowest BCUT2D eigenvalue weighted by atomic mass is 9.78. The average Bonchev–Trinajstić information content (AvgIpc) is 2.76. The molecule has 1 N–H and O–H groups in total. The number of nitrogens with zero attached hydrogens (tertiary/aromatic N) is 2. The number of carbonyl (C=O) groups is 1. The van der Waals surface area contributed by atoms with Crippen molar-refractivity contribution in [1.29, 1.82) is 0 Å². The maximum absolute atomic E-state index is 14.0. The van der Waals surface area contributed by atoms with Crippen LogP contribution >= 0.6 is 35.6 Å². The monoisotopic (exact) mass is 565 g/mol. The Kier molecular flexibility index (Phi) is 9.98. The summed E-state index contributed by atoms with van der Waals surface area (Å²) >= 11 is 11.7. The number of halogens is 6. The summed E-state index contributed by atoms with van der Waals surface area (Å²) in [7, 11) is -3.34. The Morgan fingerprint density at radius 3 is 2.21 bits per heavy atom. The molecule has 194 valence electrons. The number of benzene rings is 1. The fraction of sp³-hybridized carbons (Fsp3) is 0.667. The normalized spacial score (nSPS) is 21.0. The molecular weight excluding hydrogens is 538 g/mol. The Morgan fingerprint density at radius 2 is 1.65 bits per heavy atom. The van der Waals surface area contributed by atoms with Crippen molar-refractivity contribution in [3.63, 3.8) is 0 Å². The number of piperazine rings is 1. The van der Waals surface area contributed by atoms with E-state index in [0.29, 0.717) is 19.5 Å². The molecule has 0 aromatic heterocycles. The van der Waals surface area contributed by atoms with Crippen molar-refractivity contribution < 1.29 is 26.4 Å². The molecule has 0 unspecified atom stereocenters. The van der Waals surface area contributed by atoms with E-state index in [1.54, 1.807) is 6.92 Å². The van der Waals surface area contributed by atoms with Gasteiger partial charge in [-0.3, -0.25) is 9.69 Å². The molecule has 0 atom stereocenters. The first-order valence-electron chi connectivity index (χ1n) is 10.9. The van der Waals surface area contributed by atoms with E-state index in [0.717, 1.165) is 12.1 Å². The van der Waals surface area contributed by atoms with Crippen LogP contribution in [-0.2, 0) is 10.0 Å². The standard InChI is InChI=1S/C21H28Cl2F3N3O3S.ClH/c1-2-11-33(31,32)29-9-7-28(8-10-29)20(3-5-21(25,26)6-4-20)14-27-19(30)15-12-18(24)17(23)13-16(15)22;/h12-13H,2-11,14H2,1H3,(H,27,30);1H. The van der Waals surface area contributed by atoms with Gasteiger partial charge in [0.15, 0.2) is 0 Å². The zero-order valence-corrected chi connectivity index (χ0v) is 21.9. The van der Waals surface area contributed by atoms with Crippen LogP contribution in [0.15, 0.2) is 12.1 Å². The molecule has 1 heterocycles. The van der Waals surface area contributed by atoms with Crippen molar-refractivity contribution in [2.24, 2.45) is 0 Å². The van der Waals surface area contributed by atoms with Crippen molar-refractivity contribution in [2.75, 3.05) is 38.5 Å². The average molecular weight is 567 g/mol. The second-order valence-corrected chi connectivity index (χ2v) is 11.6. The third kappa shape index (κ3) is 6.70. The molecule has 3 rings (SSSR count). The largest absolute Gasteiger partial charge is 0.350 e. The topological polar surface area (TPSA) is 69.7 Å². The summed E-state index contributed by atoms with van der Waals surface area (Å²) < 4.78 is 68.0. The number of alkyl halides is 2. The van der Waals surface area contributed by atoms with Gasteiger partial charge in [0.1, 0.15) is 5.82 Å². The van der Waals surface area contributed by atoms with E-state index in [1.807, 2.05) is 4.90 Å². The Balaban J connectivity index is 0.00000408. The highest BCUT2D eigenvalue weighted by molar-refractivity contribution is 7.89. The minimum atomic E-state index is -3.34. The second-order valence-electron chi connectivity index (χ2n) is 8.71. The predicted octanol–water partition coefficient (Wildman–Crippen LogP) is 4.59. The van der Waals surface area contributed by atoms with Gasteiger partial charge in [0.25, 0.3) is 5.91 Å². The van der Waals surface area contributed by atoms with Crippen molar-refractivity contribution in [1.82, 2.24) is 14.5 Å². The van der Waals surface area contributed by atoms with Crippen molar-refractivity contribution in [3.05, 3.63) is 33.6 Å². The third-order valence-electron chi connectivity index (χ3n) is 6.51. The van der Waals surface area contributed by atoms with Crippen molar-refractivity contribution in [3.8, 4) is 0 Å². The van der Waals surface area contributed by atoms with E-state index >= 15 is 0 Å². The van der Waals surface area contributed by atoms with Crippen LogP contribution in [0, 0.1) is 5.82 Å². The van der Waals surface area contributed by atoms with Crippen LogP contribution in [0.25, 0.3) is 0 Å². The summed E-state index contributed by atoms with van der Waals surface area (Å²) in [5.74, 6) is -4.12. The summed E-state index contributed by atoms with van der Waals surface area (Å²) in [4.78, 5) is 14.7. The third-order valence-corrected chi connectivity index (χ3v) is 9.19. The predicted molar refractivity (Wildman–Crippen MR) is 129 cm³/mol. The van der Waals surface area contributed by atoms with Crippen molar-refractivity contribution in [2.45, 2.75) is 50.5 Å². The van der Waals surface area contributed by atoms with Gasteiger partial charge >= 0.3 is 0 Å². The maximum Gasteiger partial charge on any atom is 0.252 e. The Morgan fingerprint density at radius 1 is 1.06 bits per heavy atom. The fourth-order valence-electron chi connectivity index (χ4n) is 4.55. The van der Waals surface area contributed by atoms with E-state index in [9.17, 15) is 26.4 Å². The molecule has 0 radical (unpaired) electrons. The molecule has 2 aliphatic rings. The molecule has 1 aromatic carbocycles. The lowest BCUT2D eigenvalue weighted by Crippen LogP contribution is -2.63. The highest BCUT2D eigenvalue weighted by atomic mass is 35.5. The van der Waals surface area contributed by atoms with E-state index in [1.165, 1.54) is 4.31 Å². The molecule has 0 spiro atoms. The minimum Gasteiger partial charge on any atom is -0.350 e. The molecule has 2 fully saturated rings. The molecule has 1 aromatic rings. The Bertz CT molecular complexity index is 980. The lowest BCUT2D eigenvalue weighted by molar-refractivity contribution is -0.0856. The van der Waals surface area contributed by atoms with Crippen LogP contribution in [0.5, 0.6) is 0 Å². The molecule has 1 amide bonds. The van der Waals surface area contributed by atoms with Gasteiger partial charge < -0.3 is 5.32 Å². The van der Waals surface area contributed by atoms with E-state index in [2.05, 4.69) is 5.32 Å². The Labute approximate surface area is 214 Å². The summed E-state index contributed by atoms with van der Waals surface area (Å²) in [5.41, 5.74) is -0.847. The lowest BCUT2D eigenvalue weighted by Gasteiger charge is -2.50. The summed E-state index contributed by atoms with van der Waals surface area (Å²) in [6.45, 7) is 3.14. The first-order valence-corrected chi connectivity index (χ1v) is 13.3. The van der Waals surface area contributed by atoms with Gasteiger partial charge in [0.2, 0.25) is 15.9 Å². The highest BCUT2D eigenvalue weighted by Crippen LogP contribution is 2.42. The SMILES string of the molecule is CCCS(=O)(=O)N1CCN(C2(CNC(=O)c3cc(F)c(Cl)cc3Cl)CCC(F)(F)CC2)CC1.Cl. The number of carbonyl (C=O) groups excluding carboxylic acids is 1. The maximum atomic E-state index is 14.0. The van der Waals surface area contributed by atoms with Crippen LogP contribution < -0.4 is 5.32 Å². The van der Waals surface area contributed by atoms with Crippen LogP contribution in [0.4, 0.5) is 13.2 Å². The molecule has 1 aliphatic carbocycles. The van der Waals surface area contributed by atoms with E-state index in [-0.39, 0.29) is 79.1 Å². The number of hydrogen-bond acceptors (Lipinski definition) is 4. The quantitative estimate of drug-likeness (QED) is 0.490. The van der Waals surface area contributed by atoms with E-state index < -0.39 is 33.2 Å². The zero-order valence-electron chi connectivity index (χ0n) is 18.8.